The summed E-state index contributed by atoms with van der Waals surface area (Å²) in [4.78, 5) is 10.9. The summed E-state index contributed by atoms with van der Waals surface area (Å²) in [5, 5.41) is 9.76. The van der Waals surface area contributed by atoms with Gasteiger partial charge in [0.05, 0.1) is 14.1 Å². The van der Waals surface area contributed by atoms with Gasteiger partial charge in [0, 0.05) is 6.08 Å². The van der Waals surface area contributed by atoms with Gasteiger partial charge in [-0.25, -0.2) is 4.79 Å². The minimum Gasteiger partial charge on any atom is -1.00 e. The second kappa shape index (κ2) is 9.45. The second-order valence-corrected chi connectivity index (χ2v) is 4.71. The number of hydrogen-bond donors (Lipinski definition) is 1. The van der Waals surface area contributed by atoms with Gasteiger partial charge in [0.2, 0.25) is 6.73 Å². The van der Waals surface area contributed by atoms with Crippen molar-refractivity contribution < 1.29 is 31.5 Å². The molecule has 1 N–H and O–H groups in total. The van der Waals surface area contributed by atoms with Gasteiger partial charge in [0.1, 0.15) is 12.6 Å². The van der Waals surface area contributed by atoms with E-state index in [1.54, 1.807) is 0 Å². The maximum atomic E-state index is 10.9. The van der Waals surface area contributed by atoms with Crippen LogP contribution in [0.1, 0.15) is 26.2 Å². The number of aliphatic hydroxyl groups excluding tert-OH is 1. The second-order valence-electron chi connectivity index (χ2n) is 4.71. The smallest absolute Gasteiger partial charge is 0.334 e. The van der Waals surface area contributed by atoms with E-state index in [2.05, 4.69) is 13.5 Å². The zero-order valence-corrected chi connectivity index (χ0v) is 11.7. The Morgan fingerprint density at radius 1 is 1.53 bits per heavy atom. The number of carbonyl (C=O) groups excluding carboxylic acids is 1. The molecule has 4 nitrogen and oxygen atoms in total. The van der Waals surface area contributed by atoms with E-state index in [4.69, 9.17) is 4.74 Å². The molecule has 0 aliphatic rings. The van der Waals surface area contributed by atoms with Gasteiger partial charge in [0.15, 0.2) is 0 Å². The van der Waals surface area contributed by atoms with Crippen molar-refractivity contribution >= 4 is 5.97 Å². The first-order valence-corrected chi connectivity index (χ1v) is 5.70. The van der Waals surface area contributed by atoms with Crippen molar-refractivity contribution in [3.8, 4) is 0 Å². The van der Waals surface area contributed by atoms with Crippen LogP contribution in [0.4, 0.5) is 0 Å². The Morgan fingerprint density at radius 2 is 2.12 bits per heavy atom. The molecule has 0 radical (unpaired) electrons. The lowest BCUT2D eigenvalue weighted by Gasteiger charge is -2.30. The Kier molecular flexibility index (Phi) is 10.4. The van der Waals surface area contributed by atoms with Gasteiger partial charge in [-0.3, -0.25) is 4.48 Å². The Bertz CT molecular complexity index is 232. The van der Waals surface area contributed by atoms with E-state index in [0.29, 0.717) is 11.0 Å². The lowest BCUT2D eigenvalue weighted by molar-refractivity contribution is -0.910. The number of aliphatic hydroxyl groups is 1. The average Bonchev–Trinajstić information content (AvgIpc) is 2.22. The van der Waals surface area contributed by atoms with Crippen LogP contribution in [-0.4, -0.2) is 49.0 Å². The maximum Gasteiger partial charge on any atom is 0.334 e. The van der Waals surface area contributed by atoms with Crippen LogP contribution in [0.15, 0.2) is 12.7 Å². The molecule has 1 atom stereocenters. The van der Waals surface area contributed by atoms with Crippen molar-refractivity contribution in [2.24, 2.45) is 0 Å². The van der Waals surface area contributed by atoms with E-state index in [-0.39, 0.29) is 25.2 Å². The van der Waals surface area contributed by atoms with Crippen LogP contribution in [-0.2, 0) is 9.53 Å². The lowest BCUT2D eigenvalue weighted by Crippen LogP contribution is -3.00. The first kappa shape index (κ1) is 18.8. The predicted molar refractivity (Wildman–Crippen MR) is 63.7 cm³/mol. The van der Waals surface area contributed by atoms with E-state index in [9.17, 15) is 9.90 Å². The maximum absolute atomic E-state index is 10.9. The third-order valence-corrected chi connectivity index (χ3v) is 2.32. The number of quaternary nitrogens is 1. The number of nitrogens with zero attached hydrogens (tertiary/aromatic N) is 1. The van der Waals surface area contributed by atoms with Crippen LogP contribution in [0.25, 0.3) is 0 Å². The summed E-state index contributed by atoms with van der Waals surface area (Å²) < 4.78 is 5.43. The molecule has 0 aromatic heterocycles. The van der Waals surface area contributed by atoms with Crippen molar-refractivity contribution in [2.75, 3.05) is 27.4 Å². The summed E-state index contributed by atoms with van der Waals surface area (Å²) >= 11 is 0. The summed E-state index contributed by atoms with van der Waals surface area (Å²) in [6.45, 7) is 6.27. The summed E-state index contributed by atoms with van der Waals surface area (Å²) in [6, 6.07) is 0. The summed E-state index contributed by atoms with van der Waals surface area (Å²) in [6.07, 6.45) is 3.71. The molecule has 0 rings (SSSR count). The molecular weight excluding hydrogens is 242 g/mol. The van der Waals surface area contributed by atoms with Crippen LogP contribution in [0, 0.1) is 0 Å². The number of ether oxygens (including phenoxy) is 1. The number of rotatable bonds is 8. The molecule has 5 heteroatoms. The highest BCUT2D eigenvalue weighted by molar-refractivity contribution is 5.81. The molecule has 0 amide bonds. The summed E-state index contributed by atoms with van der Waals surface area (Å²) in [5.74, 6) is -0.422. The number of halogens is 1. The fourth-order valence-electron chi connectivity index (χ4n) is 1.45. The van der Waals surface area contributed by atoms with Crippen molar-refractivity contribution in [3.63, 3.8) is 0 Å². The van der Waals surface area contributed by atoms with Crippen LogP contribution >= 0.6 is 0 Å². The fourth-order valence-corrected chi connectivity index (χ4v) is 1.45. The largest absolute Gasteiger partial charge is 1.00 e. The fraction of sp³-hybridized carbons (Fsp3) is 0.750. The molecule has 102 valence electrons. The zero-order valence-electron chi connectivity index (χ0n) is 11.0. The summed E-state index contributed by atoms with van der Waals surface area (Å²) in [5.41, 5.74) is 0. The average molecular weight is 266 g/mol. The normalized spacial score (nSPS) is 12.5. The topological polar surface area (TPSA) is 46.5 Å². The molecule has 0 aromatic carbocycles. The van der Waals surface area contributed by atoms with E-state index < -0.39 is 5.97 Å². The standard InChI is InChI=1S/C12H24NO3.ClH/c1-5-7-8-11(14)9-13(3,4)10-16-12(15)6-2;/h6,11,14H,2,5,7-10H2,1,3-4H3;1H/q+1;/p-1. The SMILES string of the molecule is C=CC(=O)OC[N+](C)(C)CC(O)CCCC.[Cl-]. The Morgan fingerprint density at radius 3 is 2.59 bits per heavy atom. The lowest BCUT2D eigenvalue weighted by atomic mass is 10.1. The number of likely N-dealkylation sites (N-methyl/N-ethyl adjacent to an activating group) is 1. The molecule has 0 aliphatic carbocycles. The highest BCUT2D eigenvalue weighted by Gasteiger charge is 2.21. The molecule has 0 aromatic rings. The quantitative estimate of drug-likeness (QED) is 0.246. The van der Waals surface area contributed by atoms with Gasteiger partial charge in [-0.05, 0) is 6.42 Å². The Balaban J connectivity index is 0. The molecule has 17 heavy (non-hydrogen) atoms. The molecule has 0 spiro atoms. The first-order valence-electron chi connectivity index (χ1n) is 5.70. The molecule has 0 heterocycles. The zero-order chi connectivity index (χ0) is 12.6. The van der Waals surface area contributed by atoms with Gasteiger partial charge in [-0.2, -0.15) is 0 Å². The number of esters is 1. The van der Waals surface area contributed by atoms with Crippen molar-refractivity contribution in [3.05, 3.63) is 12.7 Å². The van der Waals surface area contributed by atoms with Crippen LogP contribution in [0.2, 0.25) is 0 Å². The Hall–Kier alpha value is -0.580. The Labute approximate surface area is 110 Å². The van der Waals surface area contributed by atoms with Crippen LogP contribution < -0.4 is 12.4 Å². The van der Waals surface area contributed by atoms with E-state index in [0.717, 1.165) is 25.3 Å². The number of carbonyl (C=O) groups is 1. The number of hydrogen-bond acceptors (Lipinski definition) is 3. The monoisotopic (exact) mass is 265 g/mol. The van der Waals surface area contributed by atoms with Crippen LogP contribution in [0.5, 0.6) is 0 Å². The van der Waals surface area contributed by atoms with Gasteiger partial charge in [-0.15, -0.1) is 0 Å². The molecule has 0 saturated heterocycles. The van der Waals surface area contributed by atoms with Gasteiger partial charge in [-0.1, -0.05) is 26.3 Å². The van der Waals surface area contributed by atoms with Gasteiger partial charge in [0.25, 0.3) is 0 Å². The number of unbranched alkanes of at least 4 members (excludes halogenated alkanes) is 1. The third kappa shape index (κ3) is 10.3. The molecule has 1 unspecified atom stereocenters. The van der Waals surface area contributed by atoms with Crippen molar-refractivity contribution in [2.45, 2.75) is 32.3 Å². The van der Waals surface area contributed by atoms with Gasteiger partial charge >= 0.3 is 5.97 Å². The van der Waals surface area contributed by atoms with E-state index >= 15 is 0 Å². The minimum atomic E-state index is -0.422. The molecule has 0 bridgehead atoms. The van der Waals surface area contributed by atoms with E-state index in [1.165, 1.54) is 0 Å². The molecule has 0 aliphatic heterocycles. The van der Waals surface area contributed by atoms with Gasteiger partial charge < -0.3 is 22.3 Å². The van der Waals surface area contributed by atoms with E-state index in [1.807, 2.05) is 14.1 Å². The highest BCUT2D eigenvalue weighted by Crippen LogP contribution is 2.06. The van der Waals surface area contributed by atoms with Crippen LogP contribution in [0.3, 0.4) is 0 Å². The van der Waals surface area contributed by atoms with Crippen molar-refractivity contribution in [1.82, 2.24) is 0 Å². The third-order valence-electron chi connectivity index (χ3n) is 2.32. The van der Waals surface area contributed by atoms with Crippen molar-refractivity contribution in [1.29, 1.82) is 0 Å². The minimum absolute atomic E-state index is 0. The molecule has 0 saturated carbocycles. The first-order chi connectivity index (χ1) is 7.41. The molecular formula is C12H24ClNO3. The molecule has 0 fully saturated rings. The highest BCUT2D eigenvalue weighted by atomic mass is 35.5. The summed E-state index contributed by atoms with van der Waals surface area (Å²) in [7, 11) is 3.84. The predicted octanol–water partition coefficient (Wildman–Crippen LogP) is -1.70.